The van der Waals surface area contributed by atoms with Crippen LogP contribution in [-0.4, -0.2) is 36.0 Å². The van der Waals surface area contributed by atoms with Crippen molar-refractivity contribution >= 4 is 5.91 Å². The number of carbonyl (C=O) groups excluding carboxylic acids is 1. The Hall–Kier alpha value is -1.62. The van der Waals surface area contributed by atoms with Crippen molar-refractivity contribution in [3.63, 3.8) is 0 Å². The lowest BCUT2D eigenvalue weighted by molar-refractivity contribution is -0.137. The fraction of sp³-hybridized carbons (Fsp3) is 0.533. The minimum atomic E-state index is -0.322. The predicted octanol–water partition coefficient (Wildman–Crippen LogP) is 1.93. The summed E-state index contributed by atoms with van der Waals surface area (Å²) in [4.78, 5) is 14.0. The minimum Gasteiger partial charge on any atom is -0.484 e. The number of amides is 1. The van der Waals surface area contributed by atoms with E-state index in [9.17, 15) is 9.18 Å². The van der Waals surface area contributed by atoms with Gasteiger partial charge in [0.15, 0.2) is 6.61 Å². The average Bonchev–Trinajstić information content (AvgIpc) is 2.46. The minimum absolute atomic E-state index is 0.0329. The molecule has 0 saturated carbocycles. The molecule has 1 fully saturated rings. The summed E-state index contributed by atoms with van der Waals surface area (Å²) in [5, 5.41) is 0. The van der Waals surface area contributed by atoms with Gasteiger partial charge in [0.25, 0.3) is 5.91 Å². The van der Waals surface area contributed by atoms with Crippen molar-refractivity contribution in [1.82, 2.24) is 4.90 Å². The zero-order valence-electron chi connectivity index (χ0n) is 11.7. The van der Waals surface area contributed by atoms with Crippen LogP contribution in [0, 0.1) is 5.82 Å². The van der Waals surface area contributed by atoms with Crippen molar-refractivity contribution in [3.8, 4) is 5.75 Å². The van der Waals surface area contributed by atoms with Gasteiger partial charge < -0.3 is 15.4 Å². The summed E-state index contributed by atoms with van der Waals surface area (Å²) in [6.07, 6.45) is 3.06. The molecule has 5 heteroatoms. The molecule has 4 nitrogen and oxygen atoms in total. The summed E-state index contributed by atoms with van der Waals surface area (Å²) in [6, 6.07) is 5.71. The molecular weight excluding hydrogens is 259 g/mol. The highest BCUT2D eigenvalue weighted by Crippen LogP contribution is 2.19. The first-order valence-electron chi connectivity index (χ1n) is 7.01. The van der Waals surface area contributed by atoms with Crippen LogP contribution in [0.15, 0.2) is 24.3 Å². The molecule has 0 bridgehead atoms. The summed E-state index contributed by atoms with van der Waals surface area (Å²) in [5.74, 6) is 0.113. The molecule has 2 atom stereocenters. The van der Waals surface area contributed by atoms with Crippen molar-refractivity contribution in [1.29, 1.82) is 0 Å². The van der Waals surface area contributed by atoms with Gasteiger partial charge in [0, 0.05) is 18.6 Å². The van der Waals surface area contributed by atoms with Crippen LogP contribution < -0.4 is 10.5 Å². The van der Waals surface area contributed by atoms with Crippen LogP contribution in [-0.2, 0) is 4.79 Å². The zero-order chi connectivity index (χ0) is 14.5. The summed E-state index contributed by atoms with van der Waals surface area (Å²) < 4.78 is 18.2. The Morgan fingerprint density at radius 2 is 2.15 bits per heavy atom. The van der Waals surface area contributed by atoms with E-state index in [4.69, 9.17) is 10.5 Å². The van der Waals surface area contributed by atoms with Crippen molar-refractivity contribution in [2.45, 2.75) is 38.3 Å². The maximum Gasteiger partial charge on any atom is 0.260 e. The number of rotatable bonds is 4. The summed E-state index contributed by atoms with van der Waals surface area (Å²) in [6.45, 7) is 2.63. The molecule has 0 aliphatic carbocycles. The lowest BCUT2D eigenvalue weighted by Gasteiger charge is -2.38. The smallest absolute Gasteiger partial charge is 0.260 e. The molecule has 1 aromatic carbocycles. The van der Waals surface area contributed by atoms with Gasteiger partial charge in [-0.25, -0.2) is 4.39 Å². The van der Waals surface area contributed by atoms with E-state index in [2.05, 4.69) is 0 Å². The molecule has 1 amide bonds. The number of piperidine rings is 1. The van der Waals surface area contributed by atoms with Gasteiger partial charge in [-0.1, -0.05) is 0 Å². The molecule has 2 N–H and O–H groups in total. The van der Waals surface area contributed by atoms with Crippen molar-refractivity contribution in [2.24, 2.45) is 5.73 Å². The lowest BCUT2D eigenvalue weighted by Crippen LogP contribution is -2.52. The average molecular weight is 280 g/mol. The molecule has 0 spiro atoms. The van der Waals surface area contributed by atoms with Crippen molar-refractivity contribution < 1.29 is 13.9 Å². The van der Waals surface area contributed by atoms with Crippen LogP contribution in [0.4, 0.5) is 4.39 Å². The number of benzene rings is 1. The molecule has 1 heterocycles. The molecule has 2 rings (SSSR count). The fourth-order valence-electron chi connectivity index (χ4n) is 2.57. The maximum absolute atomic E-state index is 12.8. The first-order chi connectivity index (χ1) is 9.58. The molecule has 110 valence electrons. The van der Waals surface area contributed by atoms with Crippen molar-refractivity contribution in [3.05, 3.63) is 30.1 Å². The second kappa shape index (κ2) is 6.70. The van der Waals surface area contributed by atoms with Crippen LogP contribution in [0.25, 0.3) is 0 Å². The first-order valence-corrected chi connectivity index (χ1v) is 7.01. The normalized spacial score (nSPS) is 20.6. The third kappa shape index (κ3) is 3.70. The van der Waals surface area contributed by atoms with Crippen LogP contribution in [0.3, 0.4) is 0 Å². The quantitative estimate of drug-likeness (QED) is 0.917. The number of hydrogen-bond acceptors (Lipinski definition) is 3. The van der Waals surface area contributed by atoms with Gasteiger partial charge in [0.1, 0.15) is 11.6 Å². The van der Waals surface area contributed by atoms with E-state index in [1.165, 1.54) is 24.3 Å². The second-order valence-electron chi connectivity index (χ2n) is 5.25. The second-order valence-corrected chi connectivity index (χ2v) is 5.25. The molecule has 2 unspecified atom stereocenters. The Bertz CT molecular complexity index is 448. The first kappa shape index (κ1) is 14.8. The van der Waals surface area contributed by atoms with Gasteiger partial charge in [-0.3, -0.25) is 4.79 Å². The van der Waals surface area contributed by atoms with E-state index in [0.29, 0.717) is 5.75 Å². The molecule has 0 radical (unpaired) electrons. The fourth-order valence-corrected chi connectivity index (χ4v) is 2.57. The molecule has 1 aromatic rings. The van der Waals surface area contributed by atoms with Crippen molar-refractivity contribution in [2.75, 3.05) is 13.2 Å². The standard InChI is InChI=1S/C15H21FN2O2/c1-11(17)14-4-2-3-9-18(14)15(19)10-20-13-7-5-12(16)6-8-13/h5-8,11,14H,2-4,9-10,17H2,1H3. The predicted molar refractivity (Wildman–Crippen MR) is 74.9 cm³/mol. The Kier molecular flexibility index (Phi) is 4.95. The Balaban J connectivity index is 1.91. The number of ether oxygens (including phenoxy) is 1. The van der Waals surface area contributed by atoms with E-state index in [0.717, 1.165) is 25.8 Å². The van der Waals surface area contributed by atoms with E-state index >= 15 is 0 Å². The van der Waals surface area contributed by atoms with Gasteiger partial charge >= 0.3 is 0 Å². The molecule has 1 aliphatic heterocycles. The van der Waals surface area contributed by atoms with E-state index in [-0.39, 0.29) is 30.4 Å². The number of carbonyl (C=O) groups is 1. The van der Waals surface area contributed by atoms with Crippen LogP contribution in [0.5, 0.6) is 5.75 Å². The SMILES string of the molecule is CC(N)C1CCCCN1C(=O)COc1ccc(F)cc1. The number of hydrogen-bond donors (Lipinski definition) is 1. The third-order valence-corrected chi connectivity index (χ3v) is 3.65. The number of halogens is 1. The molecular formula is C15H21FN2O2. The van der Waals surface area contributed by atoms with Gasteiger partial charge in [-0.2, -0.15) is 0 Å². The van der Waals surface area contributed by atoms with Gasteiger partial charge in [-0.15, -0.1) is 0 Å². The molecule has 1 saturated heterocycles. The van der Waals surface area contributed by atoms with Crippen LogP contribution in [0.2, 0.25) is 0 Å². The number of nitrogens with zero attached hydrogens (tertiary/aromatic N) is 1. The maximum atomic E-state index is 12.8. The van der Waals surface area contributed by atoms with Gasteiger partial charge in [-0.05, 0) is 50.5 Å². The molecule has 1 aliphatic rings. The highest BCUT2D eigenvalue weighted by atomic mass is 19.1. The lowest BCUT2D eigenvalue weighted by atomic mass is 9.97. The molecule has 20 heavy (non-hydrogen) atoms. The Morgan fingerprint density at radius 1 is 1.45 bits per heavy atom. The zero-order valence-corrected chi connectivity index (χ0v) is 11.7. The van der Waals surface area contributed by atoms with Gasteiger partial charge in [0.05, 0.1) is 0 Å². The largest absolute Gasteiger partial charge is 0.484 e. The summed E-state index contributed by atoms with van der Waals surface area (Å²) >= 11 is 0. The number of likely N-dealkylation sites (tertiary alicyclic amines) is 1. The van der Waals surface area contributed by atoms with Gasteiger partial charge in [0.2, 0.25) is 0 Å². The highest BCUT2D eigenvalue weighted by molar-refractivity contribution is 5.78. The topological polar surface area (TPSA) is 55.6 Å². The van der Waals surface area contributed by atoms with E-state index < -0.39 is 0 Å². The van der Waals surface area contributed by atoms with Crippen LogP contribution in [0.1, 0.15) is 26.2 Å². The van der Waals surface area contributed by atoms with E-state index in [1.807, 2.05) is 11.8 Å². The third-order valence-electron chi connectivity index (χ3n) is 3.65. The monoisotopic (exact) mass is 280 g/mol. The summed E-state index contributed by atoms with van der Waals surface area (Å²) in [7, 11) is 0. The Labute approximate surface area is 118 Å². The highest BCUT2D eigenvalue weighted by Gasteiger charge is 2.29. The Morgan fingerprint density at radius 3 is 2.80 bits per heavy atom. The number of nitrogens with two attached hydrogens (primary N) is 1. The molecule has 0 aromatic heterocycles. The summed E-state index contributed by atoms with van der Waals surface area (Å²) in [5.41, 5.74) is 5.94. The van der Waals surface area contributed by atoms with E-state index in [1.54, 1.807) is 0 Å². The van der Waals surface area contributed by atoms with Crippen LogP contribution >= 0.6 is 0 Å².